The number of carbonyl (C=O) groups excluding carboxylic acids is 3. The summed E-state index contributed by atoms with van der Waals surface area (Å²) < 4.78 is 4.86. The number of allylic oxidation sites excluding steroid dienone is 1. The summed E-state index contributed by atoms with van der Waals surface area (Å²) in [6.45, 7) is 4.86. The van der Waals surface area contributed by atoms with E-state index >= 15 is 0 Å². The smallest absolute Gasteiger partial charge is 0.249 e. The second-order valence-corrected chi connectivity index (χ2v) is 7.17. The molecule has 0 aromatic heterocycles. The Morgan fingerprint density at radius 3 is 2.44 bits per heavy atom. The highest BCUT2D eigenvalue weighted by Crippen LogP contribution is 2.19. The first-order chi connectivity index (χ1) is 11.6. The van der Waals surface area contributed by atoms with Crippen LogP contribution in [0.2, 0.25) is 0 Å². The van der Waals surface area contributed by atoms with Crippen LogP contribution in [0.3, 0.4) is 0 Å². The summed E-state index contributed by atoms with van der Waals surface area (Å²) in [6, 6.07) is 0. The van der Waals surface area contributed by atoms with Crippen molar-refractivity contribution >= 4 is 28.7 Å². The van der Waals surface area contributed by atoms with Gasteiger partial charge in [0.1, 0.15) is 6.10 Å². The van der Waals surface area contributed by atoms with Gasteiger partial charge in [-0.3, -0.25) is 14.4 Å². The number of rotatable bonds is 11. The van der Waals surface area contributed by atoms with Gasteiger partial charge in [0.2, 0.25) is 16.9 Å². The van der Waals surface area contributed by atoms with Crippen molar-refractivity contribution in [2.45, 2.75) is 33.3 Å². The number of nitrogens with one attached hydrogen (secondary N) is 2. The Balaban J connectivity index is 3.92. The molecule has 0 spiro atoms. The Bertz CT molecular complexity index is 493. The molecule has 0 rings (SSSR count). The minimum Gasteiger partial charge on any atom is -0.501 e. The average molecular weight is 376 g/mol. The van der Waals surface area contributed by atoms with E-state index in [2.05, 4.69) is 10.6 Å². The Morgan fingerprint density at radius 1 is 1.24 bits per heavy atom. The number of thioether (sulfide) groups is 1. The van der Waals surface area contributed by atoms with Gasteiger partial charge in [-0.2, -0.15) is 0 Å². The number of aliphatic hydroxyl groups is 2. The predicted octanol–water partition coefficient (Wildman–Crippen LogP) is -0.202. The Kier molecular flexibility index (Phi) is 11.1. The molecule has 0 aliphatic heterocycles. The monoisotopic (exact) mass is 376 g/mol. The normalized spacial score (nSPS) is 13.1. The summed E-state index contributed by atoms with van der Waals surface area (Å²) >= 11 is 1.06. The lowest BCUT2D eigenvalue weighted by atomic mass is 9.87. The van der Waals surface area contributed by atoms with Gasteiger partial charge in [0.25, 0.3) is 0 Å². The predicted molar refractivity (Wildman–Crippen MR) is 95.7 cm³/mol. The zero-order valence-corrected chi connectivity index (χ0v) is 15.9. The largest absolute Gasteiger partial charge is 0.501 e. The van der Waals surface area contributed by atoms with Crippen molar-refractivity contribution in [2.24, 2.45) is 5.41 Å². The van der Waals surface area contributed by atoms with E-state index < -0.39 is 17.4 Å². The van der Waals surface area contributed by atoms with Gasteiger partial charge in [0.05, 0.1) is 19.5 Å². The van der Waals surface area contributed by atoms with Gasteiger partial charge in [-0.1, -0.05) is 25.6 Å². The molecule has 2 amide bonds. The summed E-state index contributed by atoms with van der Waals surface area (Å²) in [7, 11) is 1.48. The van der Waals surface area contributed by atoms with Crippen LogP contribution in [0.5, 0.6) is 0 Å². The molecule has 4 N–H and O–H groups in total. The minimum atomic E-state index is -1.36. The van der Waals surface area contributed by atoms with Gasteiger partial charge in [-0.05, 0) is 6.92 Å². The van der Waals surface area contributed by atoms with Crippen molar-refractivity contribution in [1.29, 1.82) is 0 Å². The molecular formula is C16H28N2O6S. The zero-order valence-electron chi connectivity index (χ0n) is 15.1. The van der Waals surface area contributed by atoms with Crippen LogP contribution in [0.15, 0.2) is 11.8 Å². The number of ether oxygens (including phenoxy) is 1. The van der Waals surface area contributed by atoms with E-state index in [0.717, 1.165) is 11.8 Å². The molecule has 0 saturated heterocycles. The van der Waals surface area contributed by atoms with E-state index in [1.165, 1.54) is 13.2 Å². The van der Waals surface area contributed by atoms with Crippen LogP contribution in [-0.4, -0.2) is 65.8 Å². The molecule has 0 heterocycles. The highest BCUT2D eigenvalue weighted by atomic mass is 32.2. The third-order valence-corrected chi connectivity index (χ3v) is 4.17. The molecule has 1 unspecified atom stereocenters. The first-order valence-electron chi connectivity index (χ1n) is 7.86. The minimum absolute atomic E-state index is 0.0549. The fourth-order valence-electron chi connectivity index (χ4n) is 1.53. The maximum atomic E-state index is 11.7. The second kappa shape index (κ2) is 11.9. The van der Waals surface area contributed by atoms with Crippen LogP contribution in [0.1, 0.15) is 27.2 Å². The van der Waals surface area contributed by atoms with Crippen molar-refractivity contribution in [1.82, 2.24) is 10.6 Å². The Hall–Kier alpha value is -1.58. The number of carbonyl (C=O) groups is 3. The van der Waals surface area contributed by atoms with E-state index in [0.29, 0.717) is 18.1 Å². The van der Waals surface area contributed by atoms with E-state index in [-0.39, 0.29) is 30.6 Å². The van der Waals surface area contributed by atoms with E-state index in [4.69, 9.17) is 9.84 Å². The van der Waals surface area contributed by atoms with E-state index in [1.54, 1.807) is 20.8 Å². The molecular weight excluding hydrogens is 348 g/mol. The number of amides is 2. The molecule has 25 heavy (non-hydrogen) atoms. The summed E-state index contributed by atoms with van der Waals surface area (Å²) in [4.78, 5) is 34.8. The third-order valence-electron chi connectivity index (χ3n) is 3.36. The lowest BCUT2D eigenvalue weighted by Gasteiger charge is -2.27. The van der Waals surface area contributed by atoms with Gasteiger partial charge in [0, 0.05) is 36.8 Å². The van der Waals surface area contributed by atoms with Crippen LogP contribution < -0.4 is 10.6 Å². The molecule has 0 aliphatic rings. The number of aliphatic hydroxyl groups excluding tert-OH is 2. The summed E-state index contributed by atoms with van der Waals surface area (Å²) in [5.74, 6) is 0.0402. The molecule has 0 aromatic carbocycles. The molecule has 0 aliphatic carbocycles. The standard InChI is InChI=1S/C16H28N2O6S/c1-11(24-4)9-13(21)25-8-7-17-12(20)5-6-18-15(23)14(22)16(2,3)10-19/h9,14,19,22H,5-8,10H2,1-4H3,(H,17,20)(H,18,23)/b11-9+. The van der Waals surface area contributed by atoms with Gasteiger partial charge in [0.15, 0.2) is 0 Å². The van der Waals surface area contributed by atoms with Gasteiger partial charge >= 0.3 is 0 Å². The fourth-order valence-corrected chi connectivity index (χ4v) is 2.19. The van der Waals surface area contributed by atoms with Crippen LogP contribution >= 0.6 is 11.8 Å². The van der Waals surface area contributed by atoms with Gasteiger partial charge in [-0.15, -0.1) is 0 Å². The Labute approximate surface area is 152 Å². The van der Waals surface area contributed by atoms with Crippen LogP contribution in [0.25, 0.3) is 0 Å². The van der Waals surface area contributed by atoms with Gasteiger partial charge in [-0.25, -0.2) is 0 Å². The van der Waals surface area contributed by atoms with Crippen molar-refractivity contribution < 1.29 is 29.3 Å². The zero-order chi connectivity index (χ0) is 19.5. The first kappa shape index (κ1) is 23.4. The van der Waals surface area contributed by atoms with Crippen molar-refractivity contribution in [3.63, 3.8) is 0 Å². The molecule has 144 valence electrons. The van der Waals surface area contributed by atoms with Crippen molar-refractivity contribution in [2.75, 3.05) is 32.6 Å². The highest BCUT2D eigenvalue weighted by molar-refractivity contribution is 8.14. The van der Waals surface area contributed by atoms with Crippen LogP contribution in [-0.2, 0) is 19.1 Å². The first-order valence-corrected chi connectivity index (χ1v) is 8.85. The molecule has 0 saturated carbocycles. The van der Waals surface area contributed by atoms with Crippen LogP contribution in [0.4, 0.5) is 0 Å². The van der Waals surface area contributed by atoms with Gasteiger partial charge < -0.3 is 25.6 Å². The molecule has 0 radical (unpaired) electrons. The molecule has 9 heteroatoms. The average Bonchev–Trinajstić information content (AvgIpc) is 2.57. The molecule has 0 fully saturated rings. The topological polar surface area (TPSA) is 125 Å². The fraction of sp³-hybridized carbons (Fsp3) is 0.688. The summed E-state index contributed by atoms with van der Waals surface area (Å²) in [5.41, 5.74) is -0.953. The lowest BCUT2D eigenvalue weighted by molar-refractivity contribution is -0.137. The third kappa shape index (κ3) is 10.1. The maximum Gasteiger partial charge on any atom is 0.249 e. The number of hydrogen-bond acceptors (Lipinski definition) is 7. The highest BCUT2D eigenvalue weighted by Gasteiger charge is 2.32. The van der Waals surface area contributed by atoms with Crippen LogP contribution in [0, 0.1) is 5.41 Å². The molecule has 0 bridgehead atoms. The SMILES string of the molecule is CO/C(C)=C/C(=O)SCCNC(=O)CCNC(=O)C(O)C(C)(C)CO. The second-order valence-electron chi connectivity index (χ2n) is 6.07. The maximum absolute atomic E-state index is 11.7. The lowest BCUT2D eigenvalue weighted by Crippen LogP contribution is -2.46. The Morgan fingerprint density at radius 2 is 1.88 bits per heavy atom. The molecule has 8 nitrogen and oxygen atoms in total. The molecule has 0 aromatic rings. The summed E-state index contributed by atoms with van der Waals surface area (Å²) in [6.07, 6.45) is 0.0761. The van der Waals surface area contributed by atoms with E-state index in [9.17, 15) is 19.5 Å². The van der Waals surface area contributed by atoms with E-state index in [1.807, 2.05) is 0 Å². The summed E-state index contributed by atoms with van der Waals surface area (Å²) in [5, 5.41) is 23.8. The van der Waals surface area contributed by atoms with Crippen molar-refractivity contribution in [3.05, 3.63) is 11.8 Å². The number of methoxy groups -OCH3 is 1. The number of hydrogen-bond donors (Lipinski definition) is 4. The molecule has 1 atom stereocenters. The van der Waals surface area contributed by atoms with Crippen molar-refractivity contribution in [3.8, 4) is 0 Å². The quantitative estimate of drug-likeness (QED) is 0.223.